The van der Waals surface area contributed by atoms with Crippen LogP contribution in [-0.4, -0.2) is 18.3 Å². The topological polar surface area (TPSA) is 12.0 Å². The highest BCUT2D eigenvalue weighted by molar-refractivity contribution is 8.00. The average molecular weight is 221 g/mol. The van der Waals surface area contributed by atoms with E-state index in [1.165, 1.54) is 29.7 Å². The number of aryl methyl sites for hydroxylation is 1. The van der Waals surface area contributed by atoms with Crippen molar-refractivity contribution in [1.29, 1.82) is 0 Å². The summed E-state index contributed by atoms with van der Waals surface area (Å²) in [4.78, 5) is 1.46. The molecule has 0 radical (unpaired) electrons. The van der Waals surface area contributed by atoms with Crippen LogP contribution in [0.25, 0.3) is 0 Å². The fourth-order valence-corrected chi connectivity index (χ4v) is 3.53. The van der Waals surface area contributed by atoms with E-state index >= 15 is 0 Å². The monoisotopic (exact) mass is 221 g/mol. The molecule has 0 heterocycles. The largest absolute Gasteiger partial charge is 0.317 e. The van der Waals surface area contributed by atoms with Crippen molar-refractivity contribution in [2.75, 3.05) is 7.05 Å². The zero-order chi connectivity index (χ0) is 10.7. The maximum absolute atomic E-state index is 3.38. The molecule has 0 saturated heterocycles. The number of hydrogen-bond donors (Lipinski definition) is 1. The summed E-state index contributed by atoms with van der Waals surface area (Å²) in [7, 11) is 2.07. The third-order valence-electron chi connectivity index (χ3n) is 3.18. The van der Waals surface area contributed by atoms with Crippen molar-refractivity contribution < 1.29 is 0 Å². The number of rotatable bonds is 3. The lowest BCUT2D eigenvalue weighted by molar-refractivity contribution is 0.583. The first-order valence-electron chi connectivity index (χ1n) is 5.69. The summed E-state index contributed by atoms with van der Waals surface area (Å²) in [6.07, 6.45) is 4.00. The molecule has 0 aromatic heterocycles. The minimum atomic E-state index is 0.742. The Morgan fingerprint density at radius 3 is 2.73 bits per heavy atom. The molecule has 2 atom stereocenters. The zero-order valence-electron chi connectivity index (χ0n) is 9.49. The van der Waals surface area contributed by atoms with Crippen LogP contribution >= 0.6 is 11.8 Å². The van der Waals surface area contributed by atoms with Crippen LogP contribution in [0.15, 0.2) is 29.2 Å². The van der Waals surface area contributed by atoms with Gasteiger partial charge in [0.1, 0.15) is 0 Å². The molecule has 1 aliphatic rings. The van der Waals surface area contributed by atoms with Crippen LogP contribution in [0.5, 0.6) is 0 Å². The highest BCUT2D eigenvalue weighted by atomic mass is 32.2. The van der Waals surface area contributed by atoms with Crippen molar-refractivity contribution >= 4 is 11.8 Å². The van der Waals surface area contributed by atoms with Crippen molar-refractivity contribution in [3.05, 3.63) is 29.8 Å². The molecule has 2 rings (SSSR count). The van der Waals surface area contributed by atoms with Gasteiger partial charge in [0.2, 0.25) is 0 Å². The van der Waals surface area contributed by atoms with Gasteiger partial charge in [-0.1, -0.05) is 18.2 Å². The van der Waals surface area contributed by atoms with Gasteiger partial charge in [-0.25, -0.2) is 0 Å². The summed E-state index contributed by atoms with van der Waals surface area (Å²) in [6.45, 7) is 2.20. The van der Waals surface area contributed by atoms with Gasteiger partial charge in [-0.15, -0.1) is 11.8 Å². The van der Waals surface area contributed by atoms with Gasteiger partial charge in [0.15, 0.2) is 0 Å². The summed E-state index contributed by atoms with van der Waals surface area (Å²) in [6, 6.07) is 9.44. The summed E-state index contributed by atoms with van der Waals surface area (Å²) >= 11 is 2.06. The standard InChI is InChI=1S/C13H19NS/c1-10-5-3-4-6-13(10)15-12-8-7-11(9-12)14-2/h3-6,11-12,14H,7-9H2,1-2H3. The molecule has 1 aliphatic carbocycles. The van der Waals surface area contributed by atoms with Gasteiger partial charge in [-0.05, 0) is 44.9 Å². The first kappa shape index (κ1) is 11.0. The Bertz CT molecular complexity index is 324. The lowest BCUT2D eigenvalue weighted by atomic mass is 10.2. The third-order valence-corrected chi connectivity index (χ3v) is 4.65. The van der Waals surface area contributed by atoms with Gasteiger partial charge in [0, 0.05) is 16.2 Å². The van der Waals surface area contributed by atoms with Crippen molar-refractivity contribution in [3.63, 3.8) is 0 Å². The molecular formula is C13H19NS. The van der Waals surface area contributed by atoms with E-state index in [0.29, 0.717) is 0 Å². The summed E-state index contributed by atoms with van der Waals surface area (Å²) in [5.41, 5.74) is 1.41. The molecule has 82 valence electrons. The van der Waals surface area contributed by atoms with E-state index in [2.05, 4.69) is 55.3 Å². The van der Waals surface area contributed by atoms with E-state index in [1.54, 1.807) is 0 Å². The zero-order valence-corrected chi connectivity index (χ0v) is 10.3. The van der Waals surface area contributed by atoms with E-state index < -0.39 is 0 Å². The highest BCUT2D eigenvalue weighted by Gasteiger charge is 2.24. The molecule has 2 heteroatoms. The number of thioether (sulfide) groups is 1. The minimum absolute atomic E-state index is 0.742. The highest BCUT2D eigenvalue weighted by Crippen LogP contribution is 2.36. The Balaban J connectivity index is 1.96. The van der Waals surface area contributed by atoms with Crippen LogP contribution in [0.4, 0.5) is 0 Å². The van der Waals surface area contributed by atoms with Crippen molar-refractivity contribution in [2.45, 2.75) is 42.4 Å². The van der Waals surface area contributed by atoms with Crippen LogP contribution in [-0.2, 0) is 0 Å². The predicted molar refractivity (Wildman–Crippen MR) is 67.5 cm³/mol. The van der Waals surface area contributed by atoms with E-state index in [1.807, 2.05) is 0 Å². The maximum atomic E-state index is 3.38. The molecule has 1 nitrogen and oxygen atoms in total. The summed E-state index contributed by atoms with van der Waals surface area (Å²) in [5, 5.41) is 4.19. The normalized spacial score (nSPS) is 25.7. The second kappa shape index (κ2) is 5.04. The maximum Gasteiger partial charge on any atom is 0.0110 e. The number of hydrogen-bond acceptors (Lipinski definition) is 2. The third kappa shape index (κ3) is 2.76. The quantitative estimate of drug-likeness (QED) is 0.841. The Labute approximate surface area is 96.7 Å². The molecule has 0 bridgehead atoms. The van der Waals surface area contributed by atoms with Gasteiger partial charge in [0.05, 0.1) is 0 Å². The molecule has 0 amide bonds. The van der Waals surface area contributed by atoms with Crippen molar-refractivity contribution in [2.24, 2.45) is 0 Å². The second-order valence-electron chi connectivity index (χ2n) is 4.30. The number of nitrogens with one attached hydrogen (secondary N) is 1. The van der Waals surface area contributed by atoms with Crippen LogP contribution in [0.3, 0.4) is 0 Å². The molecule has 15 heavy (non-hydrogen) atoms. The van der Waals surface area contributed by atoms with Gasteiger partial charge >= 0.3 is 0 Å². The SMILES string of the molecule is CNC1CCC(Sc2ccccc2C)C1. The van der Waals surface area contributed by atoms with Crippen LogP contribution in [0, 0.1) is 6.92 Å². The summed E-state index contributed by atoms with van der Waals surface area (Å²) < 4.78 is 0. The Morgan fingerprint density at radius 1 is 1.27 bits per heavy atom. The van der Waals surface area contributed by atoms with Crippen molar-refractivity contribution in [3.8, 4) is 0 Å². The first-order chi connectivity index (χ1) is 7.29. The lowest BCUT2D eigenvalue weighted by Crippen LogP contribution is -2.21. The van der Waals surface area contributed by atoms with E-state index in [-0.39, 0.29) is 0 Å². The summed E-state index contributed by atoms with van der Waals surface area (Å²) in [5.74, 6) is 0. The fourth-order valence-electron chi connectivity index (χ4n) is 2.18. The molecule has 1 saturated carbocycles. The Morgan fingerprint density at radius 2 is 2.07 bits per heavy atom. The smallest absolute Gasteiger partial charge is 0.0110 e. The van der Waals surface area contributed by atoms with E-state index in [9.17, 15) is 0 Å². The van der Waals surface area contributed by atoms with E-state index in [4.69, 9.17) is 0 Å². The van der Waals surface area contributed by atoms with Gasteiger partial charge in [0.25, 0.3) is 0 Å². The minimum Gasteiger partial charge on any atom is -0.317 e. The molecule has 0 spiro atoms. The Hall–Kier alpha value is -0.470. The Kier molecular flexibility index (Phi) is 3.71. The van der Waals surface area contributed by atoms with E-state index in [0.717, 1.165) is 11.3 Å². The lowest BCUT2D eigenvalue weighted by Gasteiger charge is -2.12. The van der Waals surface area contributed by atoms with Crippen molar-refractivity contribution in [1.82, 2.24) is 5.32 Å². The van der Waals surface area contributed by atoms with Gasteiger partial charge in [-0.3, -0.25) is 0 Å². The van der Waals surface area contributed by atoms with Gasteiger partial charge < -0.3 is 5.32 Å². The first-order valence-corrected chi connectivity index (χ1v) is 6.57. The molecule has 2 unspecified atom stereocenters. The second-order valence-corrected chi connectivity index (χ2v) is 5.65. The van der Waals surface area contributed by atoms with Gasteiger partial charge in [-0.2, -0.15) is 0 Å². The molecular weight excluding hydrogens is 202 g/mol. The van der Waals surface area contributed by atoms with Crippen LogP contribution in [0.2, 0.25) is 0 Å². The average Bonchev–Trinajstić information content (AvgIpc) is 2.69. The number of benzene rings is 1. The molecule has 1 fully saturated rings. The molecule has 0 aliphatic heterocycles. The van der Waals surface area contributed by atoms with Crippen LogP contribution in [0.1, 0.15) is 24.8 Å². The predicted octanol–water partition coefficient (Wildman–Crippen LogP) is 3.23. The van der Waals surface area contributed by atoms with Crippen LogP contribution < -0.4 is 5.32 Å². The fraction of sp³-hybridized carbons (Fsp3) is 0.538. The molecule has 1 aromatic rings. The molecule has 1 aromatic carbocycles. The molecule has 1 N–H and O–H groups in total.